The average molecular weight is 492 g/mol. The number of nitro groups is 1. The summed E-state index contributed by atoms with van der Waals surface area (Å²) < 4.78 is 0. The second kappa shape index (κ2) is 9.38. The van der Waals surface area contributed by atoms with Crippen molar-refractivity contribution >= 4 is 23.5 Å². The van der Waals surface area contributed by atoms with Gasteiger partial charge in [-0.15, -0.1) is 0 Å². The summed E-state index contributed by atoms with van der Waals surface area (Å²) in [5.41, 5.74) is -0.593. The highest BCUT2D eigenvalue weighted by Crippen LogP contribution is 2.41. The summed E-state index contributed by atoms with van der Waals surface area (Å²) in [7, 11) is 0. The van der Waals surface area contributed by atoms with E-state index in [1.165, 1.54) is 23.1 Å². The number of hydrogen-bond donors (Lipinski definition) is 3. The van der Waals surface area contributed by atoms with Crippen molar-refractivity contribution in [1.82, 2.24) is 4.90 Å². The van der Waals surface area contributed by atoms with Crippen LogP contribution in [0.2, 0.25) is 0 Å². The summed E-state index contributed by atoms with van der Waals surface area (Å²) in [6.07, 6.45) is 2.64. The van der Waals surface area contributed by atoms with Crippen LogP contribution in [-0.2, 0) is 28.0 Å². The molecule has 4 rings (SSSR count). The van der Waals surface area contributed by atoms with Gasteiger partial charge in [-0.25, -0.2) is 4.79 Å². The zero-order chi connectivity index (χ0) is 26.2. The molecule has 0 fully saturated rings. The van der Waals surface area contributed by atoms with Crippen LogP contribution in [0.4, 0.5) is 5.69 Å². The lowest BCUT2D eigenvalue weighted by Crippen LogP contribution is -2.47. The van der Waals surface area contributed by atoms with Crippen molar-refractivity contribution in [3.8, 4) is 0 Å². The summed E-state index contributed by atoms with van der Waals surface area (Å²) in [4.78, 5) is 50.6. The number of fused-ring (bicyclic) bond motifs is 1. The minimum atomic E-state index is -1.94. The summed E-state index contributed by atoms with van der Waals surface area (Å²) in [6, 6.07) is 10.1. The van der Waals surface area contributed by atoms with E-state index >= 15 is 0 Å². The van der Waals surface area contributed by atoms with Crippen molar-refractivity contribution in [3.05, 3.63) is 98.1 Å². The Balaban J connectivity index is 1.89. The second-order valence-corrected chi connectivity index (χ2v) is 9.05. The lowest BCUT2D eigenvalue weighted by Gasteiger charge is -2.38. The molecule has 0 bridgehead atoms. The van der Waals surface area contributed by atoms with E-state index in [4.69, 9.17) is 0 Å². The molecular weight excluding hydrogens is 468 g/mol. The minimum Gasteiger partial charge on any atom is -0.480 e. The molecule has 3 N–H and O–H groups in total. The smallest absolute Gasteiger partial charge is 0.331 e. The average Bonchev–Trinajstić information content (AvgIpc) is 2.86. The molecule has 0 aromatic heterocycles. The number of aliphatic carboxylic acids is 2. The molecular formula is C26H24N2O8. The SMILES string of the molecule is CC1=C[C@](C(=O)O)(c2ccc([N+](=O)[O-])cc2C(=O)N2Cc3ccccc3CC2CO)CC(C(=O)O)=C1. The first-order valence-corrected chi connectivity index (χ1v) is 11.2. The van der Waals surface area contributed by atoms with Crippen LogP contribution in [0.1, 0.15) is 40.4 Å². The summed E-state index contributed by atoms with van der Waals surface area (Å²) in [5.74, 6) is -3.37. The van der Waals surface area contributed by atoms with Gasteiger partial charge in [0.2, 0.25) is 0 Å². The molecule has 2 aromatic carbocycles. The number of hydrogen-bond acceptors (Lipinski definition) is 6. The molecule has 1 unspecified atom stereocenters. The van der Waals surface area contributed by atoms with Gasteiger partial charge in [0, 0.05) is 30.7 Å². The van der Waals surface area contributed by atoms with Gasteiger partial charge in [0.1, 0.15) is 5.41 Å². The van der Waals surface area contributed by atoms with Gasteiger partial charge in [0.05, 0.1) is 23.1 Å². The van der Waals surface area contributed by atoms with E-state index in [9.17, 15) is 39.8 Å². The molecule has 2 aliphatic rings. The fourth-order valence-electron chi connectivity index (χ4n) is 5.03. The zero-order valence-electron chi connectivity index (χ0n) is 19.4. The van der Waals surface area contributed by atoms with Crippen molar-refractivity contribution in [2.75, 3.05) is 6.61 Å². The molecule has 0 saturated heterocycles. The number of aliphatic hydroxyl groups is 1. The maximum Gasteiger partial charge on any atom is 0.331 e. The van der Waals surface area contributed by atoms with E-state index < -0.39 is 46.3 Å². The number of carbonyl (C=O) groups excluding carboxylic acids is 1. The number of non-ortho nitro benzene ring substituents is 1. The monoisotopic (exact) mass is 492 g/mol. The Bertz CT molecular complexity index is 1350. The van der Waals surface area contributed by atoms with E-state index in [0.29, 0.717) is 12.0 Å². The van der Waals surface area contributed by atoms with Gasteiger partial charge in [-0.3, -0.25) is 19.7 Å². The molecule has 0 saturated carbocycles. The van der Waals surface area contributed by atoms with Gasteiger partial charge in [-0.05, 0) is 42.2 Å². The predicted molar refractivity (Wildman–Crippen MR) is 127 cm³/mol. The third-order valence-electron chi connectivity index (χ3n) is 6.75. The van der Waals surface area contributed by atoms with E-state index in [1.54, 1.807) is 6.92 Å². The van der Waals surface area contributed by atoms with Crippen LogP contribution in [0.25, 0.3) is 0 Å². The lowest BCUT2D eigenvalue weighted by atomic mass is 9.69. The van der Waals surface area contributed by atoms with E-state index in [1.807, 2.05) is 24.3 Å². The van der Waals surface area contributed by atoms with Crippen LogP contribution >= 0.6 is 0 Å². The topological polar surface area (TPSA) is 158 Å². The number of aliphatic hydroxyl groups excluding tert-OH is 1. The van der Waals surface area contributed by atoms with Gasteiger partial charge in [-0.1, -0.05) is 35.9 Å². The molecule has 10 nitrogen and oxygen atoms in total. The number of carboxylic acids is 2. The van der Waals surface area contributed by atoms with Crippen LogP contribution in [0.5, 0.6) is 0 Å². The van der Waals surface area contributed by atoms with Crippen molar-refractivity contribution in [2.24, 2.45) is 0 Å². The van der Waals surface area contributed by atoms with Gasteiger partial charge < -0.3 is 20.2 Å². The number of benzene rings is 2. The van der Waals surface area contributed by atoms with Crippen molar-refractivity contribution in [3.63, 3.8) is 0 Å². The molecule has 1 amide bonds. The normalized spacial score (nSPS) is 21.2. The Morgan fingerprint density at radius 3 is 2.44 bits per heavy atom. The fourth-order valence-corrected chi connectivity index (χ4v) is 5.03. The lowest BCUT2D eigenvalue weighted by molar-refractivity contribution is -0.384. The third kappa shape index (κ3) is 4.27. The van der Waals surface area contributed by atoms with E-state index in [-0.39, 0.29) is 29.9 Å². The Kier molecular flexibility index (Phi) is 6.47. The van der Waals surface area contributed by atoms with Gasteiger partial charge in [0.15, 0.2) is 0 Å². The first-order valence-electron chi connectivity index (χ1n) is 11.2. The maximum atomic E-state index is 13.9. The fraction of sp³-hybridized carbons (Fsp3) is 0.269. The highest BCUT2D eigenvalue weighted by atomic mass is 16.6. The second-order valence-electron chi connectivity index (χ2n) is 9.05. The number of allylic oxidation sites excluding steroid dienone is 2. The molecule has 0 radical (unpaired) electrons. The molecule has 2 aromatic rings. The highest BCUT2D eigenvalue weighted by Gasteiger charge is 2.46. The third-order valence-corrected chi connectivity index (χ3v) is 6.75. The number of nitro benzene ring substituents is 1. The molecule has 186 valence electrons. The van der Waals surface area contributed by atoms with E-state index in [0.717, 1.165) is 23.3 Å². The molecule has 36 heavy (non-hydrogen) atoms. The first-order chi connectivity index (χ1) is 17.1. The number of rotatable bonds is 6. The van der Waals surface area contributed by atoms with Crippen LogP contribution in [0.3, 0.4) is 0 Å². The molecule has 2 atom stereocenters. The van der Waals surface area contributed by atoms with Crippen molar-refractivity contribution < 1.29 is 34.6 Å². The van der Waals surface area contributed by atoms with Crippen molar-refractivity contribution in [1.29, 1.82) is 0 Å². The van der Waals surface area contributed by atoms with Gasteiger partial charge in [0.25, 0.3) is 11.6 Å². The summed E-state index contributed by atoms with van der Waals surface area (Å²) >= 11 is 0. The Hall–Kier alpha value is -4.31. The number of carboxylic acid groups (broad SMARTS) is 2. The van der Waals surface area contributed by atoms with E-state index in [2.05, 4.69) is 0 Å². The molecule has 1 aliphatic heterocycles. The molecule has 1 heterocycles. The Labute approximate surface area is 205 Å². The van der Waals surface area contributed by atoms with Gasteiger partial charge in [-0.2, -0.15) is 0 Å². The number of carbonyl (C=O) groups is 3. The van der Waals surface area contributed by atoms with Crippen LogP contribution in [-0.4, -0.2) is 55.6 Å². The zero-order valence-corrected chi connectivity index (χ0v) is 19.4. The molecule has 10 heteroatoms. The first kappa shape index (κ1) is 24.8. The number of amides is 1. The maximum absolute atomic E-state index is 13.9. The standard InChI is InChI=1S/C26H24N2O8/c1-15-8-18(24(31)32)12-26(11-15,25(33)34)22-7-6-19(28(35)36)10-21(22)23(30)27-13-17-5-3-2-4-16(17)9-20(27)14-29/h2-8,10-11,20,29H,9,12-14H2,1H3,(H,31,32)(H,33,34)/t20?,26-/m1/s1. The predicted octanol–water partition coefficient (Wildman–Crippen LogP) is 2.84. The molecule has 0 spiro atoms. The minimum absolute atomic E-state index is 0.0488. The highest BCUT2D eigenvalue weighted by molar-refractivity contribution is 6.01. The van der Waals surface area contributed by atoms with Crippen LogP contribution in [0, 0.1) is 10.1 Å². The van der Waals surface area contributed by atoms with Crippen LogP contribution < -0.4 is 0 Å². The van der Waals surface area contributed by atoms with Crippen LogP contribution in [0.15, 0.2) is 65.8 Å². The molecule has 1 aliphatic carbocycles. The van der Waals surface area contributed by atoms with Crippen molar-refractivity contribution in [2.45, 2.75) is 37.8 Å². The van der Waals surface area contributed by atoms with Gasteiger partial charge >= 0.3 is 11.9 Å². The largest absolute Gasteiger partial charge is 0.480 e. The summed E-state index contributed by atoms with van der Waals surface area (Å²) in [6.45, 7) is 1.31. The Morgan fingerprint density at radius 2 is 1.83 bits per heavy atom. The quantitative estimate of drug-likeness (QED) is 0.410. The number of nitrogens with zero attached hydrogens (tertiary/aromatic N) is 2. The summed E-state index contributed by atoms with van der Waals surface area (Å²) in [5, 5.41) is 41.5. The Morgan fingerprint density at radius 1 is 1.14 bits per heavy atom.